The Kier molecular flexibility index (Phi) is 7.51. The number of benzene rings is 1. The molecule has 13 heteroatoms. The number of alkyl halides is 3. The predicted octanol–water partition coefficient (Wildman–Crippen LogP) is 4.73. The fourth-order valence-corrected chi connectivity index (χ4v) is 3.55. The molecule has 0 spiro atoms. The lowest BCUT2D eigenvalue weighted by atomic mass is 10.1. The normalized spacial score (nSPS) is 11.4. The Hall–Kier alpha value is -4.94. The zero-order valence-corrected chi connectivity index (χ0v) is 20.5. The van der Waals surface area contributed by atoms with Gasteiger partial charge in [0.05, 0.1) is 23.3 Å². The Labute approximate surface area is 219 Å². The van der Waals surface area contributed by atoms with Gasteiger partial charge in [0.25, 0.3) is 11.8 Å². The quantitative estimate of drug-likeness (QED) is 0.302. The maximum atomic E-state index is 14.7. The van der Waals surface area contributed by atoms with Gasteiger partial charge in [-0.25, -0.2) is 19.3 Å². The Morgan fingerprint density at radius 3 is 2.41 bits per heavy atom. The number of carbonyl (C=O) groups is 2. The van der Waals surface area contributed by atoms with Crippen LogP contribution in [0.25, 0.3) is 22.5 Å². The molecule has 0 radical (unpaired) electrons. The summed E-state index contributed by atoms with van der Waals surface area (Å²) in [4.78, 5) is 40.3. The largest absolute Gasteiger partial charge is 0.451 e. The van der Waals surface area contributed by atoms with E-state index in [0.29, 0.717) is 0 Å². The minimum Gasteiger partial charge on any atom is -0.384 e. The molecule has 3 aromatic heterocycles. The van der Waals surface area contributed by atoms with E-state index in [2.05, 4.69) is 30.6 Å². The molecule has 4 N–H and O–H groups in total. The summed E-state index contributed by atoms with van der Waals surface area (Å²) < 4.78 is 54.3. The van der Waals surface area contributed by atoms with Crippen molar-refractivity contribution in [3.8, 4) is 22.5 Å². The molecular weight excluding hydrogens is 518 g/mol. The van der Waals surface area contributed by atoms with Crippen LogP contribution in [0, 0.1) is 5.82 Å². The fraction of sp³-hybridized carbons (Fsp3) is 0.154. The van der Waals surface area contributed by atoms with Crippen LogP contribution in [0.1, 0.15) is 40.5 Å². The highest BCUT2D eigenvalue weighted by atomic mass is 19.4. The second-order valence-electron chi connectivity index (χ2n) is 8.61. The molecule has 4 rings (SSSR count). The minimum absolute atomic E-state index is 0.000682. The standard InChI is InChI=1S/C26H21F4N7O2/c1-13(2)33-23(38)14-6-7-17(27)16(10-14)18-4-3-5-19(34-18)24(39)35-21-12-32-9-8-15(21)20-11-22(31)37-25(36-20)26(28,29)30/h3-13H,1-2H3,(H,33,38)(H,35,39)(H2,31,36,37). The predicted molar refractivity (Wildman–Crippen MR) is 135 cm³/mol. The Morgan fingerprint density at radius 1 is 0.923 bits per heavy atom. The number of rotatable bonds is 6. The van der Waals surface area contributed by atoms with Crippen molar-refractivity contribution in [2.75, 3.05) is 11.1 Å². The van der Waals surface area contributed by atoms with E-state index in [1.165, 1.54) is 48.8 Å². The van der Waals surface area contributed by atoms with Gasteiger partial charge in [-0.1, -0.05) is 6.07 Å². The number of carbonyl (C=O) groups excluding carboxylic acids is 2. The molecule has 0 aliphatic heterocycles. The van der Waals surface area contributed by atoms with Crippen LogP contribution >= 0.6 is 0 Å². The van der Waals surface area contributed by atoms with Crippen molar-refractivity contribution >= 4 is 23.3 Å². The third-order valence-electron chi connectivity index (χ3n) is 5.25. The lowest BCUT2D eigenvalue weighted by Gasteiger charge is -2.13. The van der Waals surface area contributed by atoms with E-state index in [1.807, 2.05) is 0 Å². The number of nitrogen functional groups attached to an aromatic ring is 1. The van der Waals surface area contributed by atoms with Crippen LogP contribution in [0.4, 0.5) is 29.1 Å². The van der Waals surface area contributed by atoms with Gasteiger partial charge >= 0.3 is 6.18 Å². The van der Waals surface area contributed by atoms with Crippen molar-refractivity contribution in [3.63, 3.8) is 0 Å². The van der Waals surface area contributed by atoms with E-state index in [1.54, 1.807) is 13.8 Å². The summed E-state index contributed by atoms with van der Waals surface area (Å²) in [5.41, 5.74) is 5.66. The first kappa shape index (κ1) is 27.1. The first-order valence-corrected chi connectivity index (χ1v) is 11.5. The van der Waals surface area contributed by atoms with Gasteiger partial charge in [0.15, 0.2) is 0 Å². The summed E-state index contributed by atoms with van der Waals surface area (Å²) in [5, 5.41) is 5.26. The Balaban J connectivity index is 1.65. The Morgan fingerprint density at radius 2 is 1.69 bits per heavy atom. The van der Waals surface area contributed by atoms with Gasteiger partial charge in [-0.3, -0.25) is 14.6 Å². The third kappa shape index (κ3) is 6.32. The first-order chi connectivity index (χ1) is 18.4. The van der Waals surface area contributed by atoms with Crippen molar-refractivity contribution < 1.29 is 27.2 Å². The number of aromatic nitrogens is 4. The smallest absolute Gasteiger partial charge is 0.384 e. The lowest BCUT2D eigenvalue weighted by Crippen LogP contribution is -2.30. The van der Waals surface area contributed by atoms with Crippen molar-refractivity contribution in [2.45, 2.75) is 26.1 Å². The van der Waals surface area contributed by atoms with Crippen LogP contribution in [0.5, 0.6) is 0 Å². The summed E-state index contributed by atoms with van der Waals surface area (Å²) >= 11 is 0. The van der Waals surface area contributed by atoms with Crippen LogP contribution in [0.15, 0.2) is 60.9 Å². The number of amides is 2. The molecule has 0 fully saturated rings. The van der Waals surface area contributed by atoms with Gasteiger partial charge < -0.3 is 16.4 Å². The molecule has 0 bridgehead atoms. The summed E-state index contributed by atoms with van der Waals surface area (Å²) in [6, 6.07) is 10.5. The van der Waals surface area contributed by atoms with Crippen LogP contribution in [0.3, 0.4) is 0 Å². The number of pyridine rings is 2. The van der Waals surface area contributed by atoms with E-state index in [0.717, 1.165) is 12.1 Å². The average molecular weight is 539 g/mol. The zero-order valence-electron chi connectivity index (χ0n) is 20.5. The molecule has 0 aliphatic carbocycles. The van der Waals surface area contributed by atoms with Gasteiger partial charge in [-0.2, -0.15) is 13.2 Å². The highest BCUT2D eigenvalue weighted by Crippen LogP contribution is 2.32. The van der Waals surface area contributed by atoms with Crippen LogP contribution in [0.2, 0.25) is 0 Å². The molecule has 2 amide bonds. The summed E-state index contributed by atoms with van der Waals surface area (Å²) in [7, 11) is 0. The second kappa shape index (κ2) is 10.8. The minimum atomic E-state index is -4.84. The zero-order chi connectivity index (χ0) is 28.3. The average Bonchev–Trinajstić information content (AvgIpc) is 2.88. The van der Waals surface area contributed by atoms with Crippen LogP contribution < -0.4 is 16.4 Å². The molecule has 0 atom stereocenters. The summed E-state index contributed by atoms with van der Waals surface area (Å²) in [6.45, 7) is 3.57. The number of nitrogens with one attached hydrogen (secondary N) is 2. The van der Waals surface area contributed by atoms with Crippen LogP contribution in [-0.4, -0.2) is 37.8 Å². The molecule has 0 aliphatic rings. The number of nitrogens with two attached hydrogens (primary N) is 1. The molecule has 0 unspecified atom stereocenters. The number of halogens is 4. The molecule has 4 aromatic rings. The third-order valence-corrected chi connectivity index (χ3v) is 5.25. The fourth-order valence-electron chi connectivity index (χ4n) is 3.55. The summed E-state index contributed by atoms with van der Waals surface area (Å²) in [5.74, 6) is -3.66. The van der Waals surface area contributed by atoms with Gasteiger partial charge in [-0.15, -0.1) is 0 Å². The molecular formula is C26H21F4N7O2. The monoisotopic (exact) mass is 539 g/mol. The molecule has 3 heterocycles. The molecule has 0 saturated carbocycles. The van der Waals surface area contributed by atoms with Crippen molar-refractivity contribution in [1.82, 2.24) is 25.3 Å². The number of anilines is 2. The first-order valence-electron chi connectivity index (χ1n) is 11.5. The lowest BCUT2D eigenvalue weighted by molar-refractivity contribution is -0.144. The topological polar surface area (TPSA) is 136 Å². The van der Waals surface area contributed by atoms with Crippen molar-refractivity contribution in [2.24, 2.45) is 0 Å². The van der Waals surface area contributed by atoms with E-state index < -0.39 is 35.5 Å². The maximum Gasteiger partial charge on any atom is 0.451 e. The van der Waals surface area contributed by atoms with E-state index in [-0.39, 0.29) is 45.5 Å². The van der Waals surface area contributed by atoms with E-state index in [9.17, 15) is 27.2 Å². The summed E-state index contributed by atoms with van der Waals surface area (Å²) in [6.07, 6.45) is -2.31. The highest BCUT2D eigenvalue weighted by Gasteiger charge is 2.35. The van der Waals surface area contributed by atoms with Crippen LogP contribution in [-0.2, 0) is 6.18 Å². The van der Waals surface area contributed by atoms with Gasteiger partial charge in [0.1, 0.15) is 17.3 Å². The highest BCUT2D eigenvalue weighted by molar-refractivity contribution is 6.05. The molecule has 200 valence electrons. The molecule has 9 nitrogen and oxygen atoms in total. The van der Waals surface area contributed by atoms with E-state index in [4.69, 9.17) is 5.73 Å². The molecule has 0 saturated heterocycles. The number of hydrogen-bond acceptors (Lipinski definition) is 7. The number of hydrogen-bond donors (Lipinski definition) is 3. The SMILES string of the molecule is CC(C)NC(=O)c1ccc(F)c(-c2cccc(C(=O)Nc3cnccc3-c3cc(N)nc(C(F)(F)F)n3)n2)c1. The molecule has 39 heavy (non-hydrogen) atoms. The molecule has 1 aromatic carbocycles. The van der Waals surface area contributed by atoms with Crippen molar-refractivity contribution in [3.05, 3.63) is 83.8 Å². The maximum absolute atomic E-state index is 14.7. The van der Waals surface area contributed by atoms with Gasteiger partial charge in [0, 0.05) is 35.0 Å². The van der Waals surface area contributed by atoms with Gasteiger partial charge in [-0.05, 0) is 50.2 Å². The Bertz CT molecular complexity index is 1560. The van der Waals surface area contributed by atoms with Gasteiger partial charge in [0.2, 0.25) is 5.82 Å². The van der Waals surface area contributed by atoms with E-state index >= 15 is 0 Å². The van der Waals surface area contributed by atoms with Crippen molar-refractivity contribution in [1.29, 1.82) is 0 Å². The number of nitrogens with zero attached hydrogens (tertiary/aromatic N) is 4. The second-order valence-corrected chi connectivity index (χ2v) is 8.61.